The summed E-state index contributed by atoms with van der Waals surface area (Å²) in [5.41, 5.74) is -5.59. The van der Waals surface area contributed by atoms with Crippen molar-refractivity contribution in [1.29, 1.82) is 0 Å². The molecule has 3 aliphatic heterocycles. The third kappa shape index (κ3) is 4.59. The number of carbonyl (C=O) groups excluding carboxylic acids is 6. The Morgan fingerprint density at radius 2 is 1.34 bits per heavy atom. The number of esters is 6. The lowest BCUT2D eigenvalue weighted by Gasteiger charge is -2.55. The second-order valence-corrected chi connectivity index (χ2v) is 12.8. The van der Waals surface area contributed by atoms with E-state index in [1.807, 2.05) is 0 Å². The van der Waals surface area contributed by atoms with E-state index in [0.29, 0.717) is 0 Å². The average molecular weight is 623 g/mol. The maximum Gasteiger partial charge on any atom is 0.342 e. The highest BCUT2D eigenvalue weighted by atomic mass is 16.7. The Bertz CT molecular complexity index is 1350. The molecule has 2 unspecified atom stereocenters. The maximum absolute atomic E-state index is 13.3. The highest BCUT2D eigenvalue weighted by molar-refractivity contribution is 5.89. The summed E-state index contributed by atoms with van der Waals surface area (Å²) in [5.74, 6) is -5.46. The minimum absolute atomic E-state index is 0.136. The molecule has 14 nitrogen and oxygen atoms in total. The van der Waals surface area contributed by atoms with Crippen molar-refractivity contribution in [3.05, 3.63) is 11.6 Å². The third-order valence-electron chi connectivity index (χ3n) is 9.80. The fourth-order valence-corrected chi connectivity index (χ4v) is 7.98. The molecule has 5 rings (SSSR count). The quantitative estimate of drug-likeness (QED) is 0.185. The van der Waals surface area contributed by atoms with E-state index in [4.69, 9.17) is 37.9 Å². The molecular weight excluding hydrogens is 584 g/mol. The van der Waals surface area contributed by atoms with Crippen molar-refractivity contribution in [3.63, 3.8) is 0 Å². The highest BCUT2D eigenvalue weighted by Gasteiger charge is 2.90. The normalized spacial score (nSPS) is 46.1. The summed E-state index contributed by atoms with van der Waals surface area (Å²) in [6.07, 6.45) is -6.77. The van der Waals surface area contributed by atoms with Crippen LogP contribution in [0.3, 0.4) is 0 Å². The molecule has 14 heteroatoms. The van der Waals surface area contributed by atoms with Crippen LogP contribution < -0.4 is 0 Å². The van der Waals surface area contributed by atoms with Crippen LogP contribution >= 0.6 is 0 Å². The second-order valence-electron chi connectivity index (χ2n) is 12.8. The standard InChI is InChI=1S/C30H38O14/c1-12-10-20-30(29(9,44-30)26(36)42-20)25(41-17(6)35)23-27(7,18(37-13(2)31)11-19-28(23,8)43-19)24(40-16(5)34)22(39-15(4)33)21(12)38-14(3)32/h10,18-25H,11H2,1-9H3/b12-10-/t18-,19-,20-,21?,22+,23+,24-,25-,27-,28-,29-,30?/m0/s1. The van der Waals surface area contributed by atoms with E-state index in [2.05, 4.69) is 0 Å². The molecule has 0 aromatic carbocycles. The lowest BCUT2D eigenvalue weighted by molar-refractivity contribution is -0.236. The maximum atomic E-state index is 13.3. The number of hydrogen-bond acceptors (Lipinski definition) is 14. The van der Waals surface area contributed by atoms with Gasteiger partial charge in [-0.1, -0.05) is 6.92 Å². The van der Waals surface area contributed by atoms with Gasteiger partial charge in [0.15, 0.2) is 35.6 Å². The van der Waals surface area contributed by atoms with Crippen LogP contribution in [-0.2, 0) is 66.7 Å². The van der Waals surface area contributed by atoms with Crippen molar-refractivity contribution < 1.29 is 66.7 Å². The second kappa shape index (κ2) is 10.3. The molecule has 3 heterocycles. The van der Waals surface area contributed by atoms with Gasteiger partial charge in [-0.15, -0.1) is 0 Å². The van der Waals surface area contributed by atoms with Crippen LogP contribution in [0.5, 0.6) is 0 Å². The van der Waals surface area contributed by atoms with Crippen molar-refractivity contribution in [2.75, 3.05) is 0 Å². The molecule has 0 amide bonds. The number of fused-ring (bicyclic) bond motifs is 3. The number of rotatable bonds is 5. The molecule has 3 saturated heterocycles. The number of carbonyl (C=O) groups is 6. The topological polar surface area (TPSA) is 183 Å². The summed E-state index contributed by atoms with van der Waals surface area (Å²) in [6, 6.07) is 0. The zero-order chi connectivity index (χ0) is 32.7. The van der Waals surface area contributed by atoms with Gasteiger partial charge in [-0.05, 0) is 32.4 Å². The van der Waals surface area contributed by atoms with Crippen molar-refractivity contribution in [1.82, 2.24) is 0 Å². The zero-order valence-electron chi connectivity index (χ0n) is 26.1. The van der Waals surface area contributed by atoms with Crippen LogP contribution in [0.1, 0.15) is 68.7 Å². The van der Waals surface area contributed by atoms with E-state index in [-0.39, 0.29) is 12.0 Å². The van der Waals surface area contributed by atoms with Gasteiger partial charge in [-0.2, -0.15) is 0 Å². The van der Waals surface area contributed by atoms with Crippen LogP contribution in [0.4, 0.5) is 0 Å². The minimum atomic E-state index is -1.60. The summed E-state index contributed by atoms with van der Waals surface area (Å²) < 4.78 is 47.7. The molecule has 0 bridgehead atoms. The Labute approximate surface area is 253 Å². The van der Waals surface area contributed by atoms with Crippen molar-refractivity contribution in [2.45, 2.75) is 128 Å². The Hall–Kier alpha value is -3.52. The Balaban J connectivity index is 1.88. The average Bonchev–Trinajstić information content (AvgIpc) is 3.72. The van der Waals surface area contributed by atoms with Gasteiger partial charge in [0.1, 0.15) is 12.2 Å². The first-order valence-electron chi connectivity index (χ1n) is 14.5. The van der Waals surface area contributed by atoms with Crippen LogP contribution in [0.15, 0.2) is 11.6 Å². The van der Waals surface area contributed by atoms with E-state index in [9.17, 15) is 28.8 Å². The molecule has 0 radical (unpaired) electrons. The number of ether oxygens (including phenoxy) is 8. The highest BCUT2D eigenvalue weighted by Crippen LogP contribution is 2.69. The van der Waals surface area contributed by atoms with E-state index < -0.39 is 107 Å². The van der Waals surface area contributed by atoms with E-state index in [0.717, 1.165) is 20.8 Å². The smallest absolute Gasteiger partial charge is 0.342 e. The molecular formula is C30H38O14. The molecule has 1 saturated carbocycles. The Morgan fingerprint density at radius 3 is 1.86 bits per heavy atom. The Morgan fingerprint density at radius 1 is 0.795 bits per heavy atom. The molecule has 5 aliphatic rings. The van der Waals surface area contributed by atoms with E-state index in [1.54, 1.807) is 20.8 Å². The monoisotopic (exact) mass is 622 g/mol. The largest absolute Gasteiger partial charge is 0.462 e. The first-order chi connectivity index (χ1) is 20.3. The first-order valence-corrected chi connectivity index (χ1v) is 14.5. The van der Waals surface area contributed by atoms with Crippen molar-refractivity contribution in [2.24, 2.45) is 11.3 Å². The molecule has 12 atom stereocenters. The molecule has 0 aromatic heterocycles. The fourth-order valence-electron chi connectivity index (χ4n) is 7.98. The summed E-state index contributed by atoms with van der Waals surface area (Å²) in [5, 5.41) is 0. The van der Waals surface area contributed by atoms with Crippen LogP contribution in [-0.4, -0.2) is 95.3 Å². The van der Waals surface area contributed by atoms with Crippen molar-refractivity contribution in [3.8, 4) is 0 Å². The molecule has 1 spiro atoms. The van der Waals surface area contributed by atoms with Crippen LogP contribution in [0, 0.1) is 11.3 Å². The van der Waals surface area contributed by atoms with Crippen LogP contribution in [0.25, 0.3) is 0 Å². The summed E-state index contributed by atoms with van der Waals surface area (Å²) in [6.45, 7) is 12.3. The van der Waals surface area contributed by atoms with Gasteiger partial charge >= 0.3 is 35.8 Å². The minimum Gasteiger partial charge on any atom is -0.462 e. The molecule has 44 heavy (non-hydrogen) atoms. The van der Waals surface area contributed by atoms with Crippen molar-refractivity contribution >= 4 is 35.8 Å². The van der Waals surface area contributed by atoms with Gasteiger partial charge in [0.2, 0.25) is 0 Å². The molecule has 242 valence electrons. The van der Waals surface area contributed by atoms with Gasteiger partial charge in [0, 0.05) is 47.0 Å². The SMILES string of the molecule is CC(=O)OC1/C(C)=C\[C@@H]2OC(=O)[C@]3(C)OC23[C@@H](OC(C)=O)[C@H]2[C@@]3(C)O[C@H]3C[C@H](OC(C)=O)[C@]2(C)[C@@H](OC(C)=O)[C@@H]1OC(C)=O. The lowest BCUT2D eigenvalue weighted by atomic mass is 9.53. The number of hydrogen-bond donors (Lipinski definition) is 0. The number of epoxide rings is 2. The summed E-state index contributed by atoms with van der Waals surface area (Å²) in [7, 11) is 0. The molecule has 4 fully saturated rings. The van der Waals surface area contributed by atoms with Gasteiger partial charge < -0.3 is 37.9 Å². The summed E-state index contributed by atoms with van der Waals surface area (Å²) in [4.78, 5) is 76.6. The fraction of sp³-hybridized carbons (Fsp3) is 0.733. The predicted octanol–water partition coefficient (Wildman–Crippen LogP) is 1.24. The van der Waals surface area contributed by atoms with Gasteiger partial charge in [0.05, 0.1) is 17.1 Å². The summed E-state index contributed by atoms with van der Waals surface area (Å²) >= 11 is 0. The first kappa shape index (κ1) is 31.9. The molecule has 0 N–H and O–H groups in total. The van der Waals surface area contributed by atoms with Crippen LogP contribution in [0.2, 0.25) is 0 Å². The lowest BCUT2D eigenvalue weighted by Crippen LogP contribution is -2.69. The van der Waals surface area contributed by atoms with Gasteiger partial charge in [0.25, 0.3) is 0 Å². The van der Waals surface area contributed by atoms with E-state index in [1.165, 1.54) is 26.8 Å². The van der Waals surface area contributed by atoms with Gasteiger partial charge in [-0.3, -0.25) is 24.0 Å². The molecule has 2 aliphatic carbocycles. The van der Waals surface area contributed by atoms with E-state index >= 15 is 0 Å². The predicted molar refractivity (Wildman–Crippen MR) is 143 cm³/mol. The molecule has 0 aromatic rings. The third-order valence-corrected chi connectivity index (χ3v) is 9.80. The zero-order valence-corrected chi connectivity index (χ0v) is 26.1. The van der Waals surface area contributed by atoms with Gasteiger partial charge in [-0.25, -0.2) is 4.79 Å². The Kier molecular flexibility index (Phi) is 7.44.